The molecular formula is C17H24O3. The molecule has 0 aliphatic rings. The van der Waals surface area contributed by atoms with E-state index < -0.39 is 0 Å². The van der Waals surface area contributed by atoms with Crippen LogP contribution in [0.1, 0.15) is 29.7 Å². The monoisotopic (exact) mass is 276 g/mol. The van der Waals surface area contributed by atoms with E-state index in [-0.39, 0.29) is 18.9 Å². The molecule has 0 bridgehead atoms. The largest absolute Gasteiger partial charge is 0.508 e. The Morgan fingerprint density at radius 2 is 1.25 bits per heavy atom. The van der Waals surface area contributed by atoms with Crippen molar-refractivity contribution in [3.05, 3.63) is 52.6 Å². The number of hydrogen-bond donors (Lipinski definition) is 3. The summed E-state index contributed by atoms with van der Waals surface area (Å²) in [6, 6.07) is 8.52. The fourth-order valence-electron chi connectivity index (χ4n) is 1.59. The van der Waals surface area contributed by atoms with Crippen LogP contribution in [-0.4, -0.2) is 15.3 Å². The Labute approximate surface area is 121 Å². The molecule has 110 valence electrons. The molecule has 3 N–H and O–H groups in total. The topological polar surface area (TPSA) is 60.7 Å². The fourth-order valence-corrected chi connectivity index (χ4v) is 1.59. The number of aromatic hydroxyl groups is 3. The zero-order valence-electron chi connectivity index (χ0n) is 11.7. The molecule has 0 aliphatic carbocycles. The minimum atomic E-state index is -0.0602. The first-order valence-electron chi connectivity index (χ1n) is 6.08. The summed E-state index contributed by atoms with van der Waals surface area (Å²) in [5.41, 5.74) is 4.09. The van der Waals surface area contributed by atoms with Gasteiger partial charge in [0.15, 0.2) is 11.5 Å². The number of phenolic OH excluding ortho intramolecular Hbond substituents is 3. The van der Waals surface area contributed by atoms with Crippen LogP contribution in [0.3, 0.4) is 0 Å². The van der Waals surface area contributed by atoms with Crippen LogP contribution >= 0.6 is 0 Å². The highest BCUT2D eigenvalue weighted by molar-refractivity contribution is 5.43. The SMILES string of the molecule is C.Cc1ccc(O)c(C)c1C.Cc1cccc(O)c1O. The Bertz CT molecular complexity index is 527. The summed E-state index contributed by atoms with van der Waals surface area (Å²) in [5, 5.41) is 27.0. The Morgan fingerprint density at radius 1 is 0.650 bits per heavy atom. The smallest absolute Gasteiger partial charge is 0.160 e. The van der Waals surface area contributed by atoms with Gasteiger partial charge in [0.05, 0.1) is 0 Å². The van der Waals surface area contributed by atoms with Crippen molar-refractivity contribution in [3.63, 3.8) is 0 Å². The van der Waals surface area contributed by atoms with Gasteiger partial charge in [0, 0.05) is 0 Å². The van der Waals surface area contributed by atoms with Gasteiger partial charge in [-0.1, -0.05) is 25.6 Å². The van der Waals surface area contributed by atoms with Crippen LogP contribution in [0.4, 0.5) is 0 Å². The first-order chi connectivity index (χ1) is 8.84. The molecule has 2 aromatic carbocycles. The van der Waals surface area contributed by atoms with Crippen molar-refractivity contribution in [1.82, 2.24) is 0 Å². The van der Waals surface area contributed by atoms with Crippen LogP contribution in [-0.2, 0) is 0 Å². The van der Waals surface area contributed by atoms with E-state index in [1.165, 1.54) is 17.2 Å². The van der Waals surface area contributed by atoms with E-state index >= 15 is 0 Å². The lowest BCUT2D eigenvalue weighted by Crippen LogP contribution is -1.85. The second-order valence-electron chi connectivity index (χ2n) is 4.59. The average Bonchev–Trinajstić information content (AvgIpc) is 2.39. The molecule has 0 radical (unpaired) electrons. The molecule has 0 fully saturated rings. The predicted octanol–water partition coefficient (Wildman–Crippen LogP) is 4.36. The third-order valence-corrected chi connectivity index (χ3v) is 3.25. The summed E-state index contributed by atoms with van der Waals surface area (Å²) in [4.78, 5) is 0. The average molecular weight is 276 g/mol. The van der Waals surface area contributed by atoms with Gasteiger partial charge in [0.2, 0.25) is 0 Å². The number of rotatable bonds is 0. The van der Waals surface area contributed by atoms with Crippen molar-refractivity contribution in [1.29, 1.82) is 0 Å². The van der Waals surface area contributed by atoms with Gasteiger partial charge in [-0.25, -0.2) is 0 Å². The third-order valence-electron chi connectivity index (χ3n) is 3.25. The van der Waals surface area contributed by atoms with Crippen LogP contribution in [0.25, 0.3) is 0 Å². The second kappa shape index (κ2) is 7.43. The molecule has 0 aliphatic heterocycles. The number of phenols is 3. The van der Waals surface area contributed by atoms with Crippen molar-refractivity contribution in [3.8, 4) is 17.2 Å². The molecule has 20 heavy (non-hydrogen) atoms. The van der Waals surface area contributed by atoms with Gasteiger partial charge >= 0.3 is 0 Å². The van der Waals surface area contributed by atoms with Crippen LogP contribution < -0.4 is 0 Å². The maximum absolute atomic E-state index is 9.22. The lowest BCUT2D eigenvalue weighted by atomic mass is 10.0. The lowest BCUT2D eigenvalue weighted by molar-refractivity contribution is 0.401. The van der Waals surface area contributed by atoms with Crippen molar-refractivity contribution in [2.75, 3.05) is 0 Å². The maximum atomic E-state index is 9.22. The van der Waals surface area contributed by atoms with E-state index in [0.717, 1.165) is 5.56 Å². The summed E-state index contributed by atoms with van der Waals surface area (Å²) < 4.78 is 0. The van der Waals surface area contributed by atoms with E-state index in [1.807, 2.05) is 26.8 Å². The third kappa shape index (κ3) is 4.19. The zero-order valence-corrected chi connectivity index (χ0v) is 11.7. The first-order valence-corrected chi connectivity index (χ1v) is 6.08. The predicted molar refractivity (Wildman–Crippen MR) is 83.6 cm³/mol. The standard InChI is InChI=1S/C9H12O.C7H8O2.CH4/c1-6-4-5-9(10)8(3)7(6)2;1-5-3-2-4-6(8)7(5)9;/h4-5,10H,1-3H3;2-4,8-9H,1H3;1H4. The normalized spacial score (nSPS) is 9.20. The number of para-hydroxylation sites is 1. The number of hydrogen-bond acceptors (Lipinski definition) is 3. The zero-order chi connectivity index (χ0) is 14.6. The van der Waals surface area contributed by atoms with Crippen LogP contribution in [0.5, 0.6) is 17.2 Å². The van der Waals surface area contributed by atoms with Crippen molar-refractivity contribution < 1.29 is 15.3 Å². The molecular weight excluding hydrogens is 252 g/mol. The maximum Gasteiger partial charge on any atom is 0.160 e. The van der Waals surface area contributed by atoms with Crippen LogP contribution in [0.15, 0.2) is 30.3 Å². The molecule has 0 atom stereocenters. The highest BCUT2D eigenvalue weighted by Gasteiger charge is 2.00. The molecule has 3 heteroatoms. The quantitative estimate of drug-likeness (QED) is 0.626. The molecule has 0 heterocycles. The summed E-state index contributed by atoms with van der Waals surface area (Å²) in [5.74, 6) is 0.301. The van der Waals surface area contributed by atoms with E-state index in [9.17, 15) is 5.11 Å². The summed E-state index contributed by atoms with van der Waals surface area (Å²) in [6.07, 6.45) is 0. The molecule has 0 amide bonds. The number of aryl methyl sites for hydroxylation is 2. The molecule has 3 nitrogen and oxygen atoms in total. The molecule has 0 saturated heterocycles. The number of benzene rings is 2. The van der Waals surface area contributed by atoms with E-state index in [0.29, 0.717) is 11.3 Å². The van der Waals surface area contributed by atoms with E-state index in [4.69, 9.17) is 10.2 Å². The summed E-state index contributed by atoms with van der Waals surface area (Å²) in [6.45, 7) is 7.72. The Balaban J connectivity index is 0.000000345. The minimum Gasteiger partial charge on any atom is -0.508 e. The van der Waals surface area contributed by atoms with Gasteiger partial charge < -0.3 is 15.3 Å². The fraction of sp³-hybridized carbons (Fsp3) is 0.294. The van der Waals surface area contributed by atoms with Crippen molar-refractivity contribution in [2.45, 2.75) is 35.1 Å². The first kappa shape index (κ1) is 17.8. The van der Waals surface area contributed by atoms with Gasteiger partial charge in [0.1, 0.15) is 5.75 Å². The van der Waals surface area contributed by atoms with Crippen molar-refractivity contribution in [2.24, 2.45) is 0 Å². The van der Waals surface area contributed by atoms with E-state index in [1.54, 1.807) is 25.1 Å². The molecule has 2 rings (SSSR count). The van der Waals surface area contributed by atoms with E-state index in [2.05, 4.69) is 0 Å². The molecule has 0 spiro atoms. The molecule has 2 aromatic rings. The lowest BCUT2D eigenvalue weighted by Gasteiger charge is -2.04. The van der Waals surface area contributed by atoms with Gasteiger partial charge in [-0.15, -0.1) is 0 Å². The molecule has 0 unspecified atom stereocenters. The Kier molecular flexibility index (Phi) is 6.63. The summed E-state index contributed by atoms with van der Waals surface area (Å²) in [7, 11) is 0. The van der Waals surface area contributed by atoms with Gasteiger partial charge in [-0.05, 0) is 62.1 Å². The highest BCUT2D eigenvalue weighted by atomic mass is 16.3. The Morgan fingerprint density at radius 3 is 1.70 bits per heavy atom. The molecule has 0 saturated carbocycles. The molecule has 0 aromatic heterocycles. The van der Waals surface area contributed by atoms with Gasteiger partial charge in [-0.2, -0.15) is 0 Å². The van der Waals surface area contributed by atoms with Crippen LogP contribution in [0, 0.1) is 27.7 Å². The van der Waals surface area contributed by atoms with Crippen molar-refractivity contribution >= 4 is 0 Å². The second-order valence-corrected chi connectivity index (χ2v) is 4.59. The van der Waals surface area contributed by atoms with Gasteiger partial charge in [0.25, 0.3) is 0 Å². The highest BCUT2D eigenvalue weighted by Crippen LogP contribution is 2.26. The van der Waals surface area contributed by atoms with Crippen LogP contribution in [0.2, 0.25) is 0 Å². The minimum absolute atomic E-state index is 0. The van der Waals surface area contributed by atoms with Gasteiger partial charge in [-0.3, -0.25) is 0 Å². The summed E-state index contributed by atoms with van der Waals surface area (Å²) >= 11 is 0. The Hall–Kier alpha value is -2.16.